The van der Waals surface area contributed by atoms with Gasteiger partial charge in [-0.15, -0.1) is 0 Å². The van der Waals surface area contributed by atoms with E-state index in [9.17, 15) is 9.59 Å². The van der Waals surface area contributed by atoms with Crippen LogP contribution in [-0.2, 0) is 9.53 Å². The molecule has 0 saturated carbocycles. The molecule has 0 aliphatic carbocycles. The summed E-state index contributed by atoms with van der Waals surface area (Å²) in [5.74, 6) is -0.339. The van der Waals surface area contributed by atoms with Crippen molar-refractivity contribution in [1.29, 1.82) is 0 Å². The second-order valence-corrected chi connectivity index (χ2v) is 4.23. The van der Waals surface area contributed by atoms with Gasteiger partial charge in [-0.2, -0.15) is 0 Å². The second-order valence-electron chi connectivity index (χ2n) is 4.23. The molecule has 6 nitrogen and oxygen atoms in total. The lowest BCUT2D eigenvalue weighted by Crippen LogP contribution is -2.40. The van der Waals surface area contributed by atoms with E-state index >= 15 is 0 Å². The number of hydrogen-bond acceptors (Lipinski definition) is 5. The number of nitrogens with zero attached hydrogens (tertiary/aromatic N) is 1. The summed E-state index contributed by atoms with van der Waals surface area (Å²) in [6, 6.07) is 0. The maximum Gasteiger partial charge on any atom is 0.413 e. The van der Waals surface area contributed by atoms with Crippen molar-refractivity contribution in [3.05, 3.63) is 0 Å². The molecule has 0 aromatic rings. The molecular formula is C12H25N3O3. The van der Waals surface area contributed by atoms with Crippen LogP contribution >= 0.6 is 0 Å². The molecule has 0 saturated heterocycles. The Morgan fingerprint density at radius 2 is 2.00 bits per heavy atom. The van der Waals surface area contributed by atoms with E-state index in [2.05, 4.69) is 17.6 Å². The highest BCUT2D eigenvalue weighted by molar-refractivity contribution is 5.92. The molecule has 0 aliphatic heterocycles. The van der Waals surface area contributed by atoms with Gasteiger partial charge in [-0.25, -0.2) is 4.79 Å². The molecule has 2 N–H and O–H groups in total. The zero-order valence-corrected chi connectivity index (χ0v) is 11.6. The SMILES string of the molecule is CCCCCOC(=O)NC(=O)CN(C)CCNC. The summed E-state index contributed by atoms with van der Waals surface area (Å²) < 4.78 is 4.88. The fourth-order valence-corrected chi connectivity index (χ4v) is 1.33. The van der Waals surface area contributed by atoms with Crippen LogP contribution in [0.5, 0.6) is 0 Å². The van der Waals surface area contributed by atoms with Crippen molar-refractivity contribution in [2.24, 2.45) is 0 Å². The smallest absolute Gasteiger partial charge is 0.413 e. The molecule has 0 radical (unpaired) electrons. The number of carbonyl (C=O) groups excluding carboxylic acids is 2. The Morgan fingerprint density at radius 3 is 2.61 bits per heavy atom. The number of likely N-dealkylation sites (N-methyl/N-ethyl adjacent to an activating group) is 2. The summed E-state index contributed by atoms with van der Waals surface area (Å²) >= 11 is 0. The first-order valence-corrected chi connectivity index (χ1v) is 6.39. The van der Waals surface area contributed by atoms with Gasteiger partial charge in [0.15, 0.2) is 0 Å². The highest BCUT2D eigenvalue weighted by Gasteiger charge is 2.10. The zero-order chi connectivity index (χ0) is 13.8. The number of unbranched alkanes of at least 4 members (excludes halogenated alkanes) is 2. The van der Waals surface area contributed by atoms with Crippen LogP contribution < -0.4 is 10.6 Å². The molecule has 0 aromatic heterocycles. The Morgan fingerprint density at radius 1 is 1.28 bits per heavy atom. The quantitative estimate of drug-likeness (QED) is 0.593. The Labute approximate surface area is 109 Å². The standard InChI is InChI=1S/C12H25N3O3/c1-4-5-6-9-18-12(17)14-11(16)10-15(3)8-7-13-2/h13H,4-10H2,1-3H3,(H,14,16,17). The van der Waals surface area contributed by atoms with Crippen LogP contribution in [0.3, 0.4) is 0 Å². The van der Waals surface area contributed by atoms with Gasteiger partial charge < -0.3 is 10.1 Å². The minimum Gasteiger partial charge on any atom is -0.449 e. The normalized spacial score (nSPS) is 10.4. The van der Waals surface area contributed by atoms with Crippen molar-refractivity contribution >= 4 is 12.0 Å². The Hall–Kier alpha value is -1.14. The molecule has 0 spiro atoms. The minimum atomic E-state index is -0.655. The van der Waals surface area contributed by atoms with Gasteiger partial charge in [0.2, 0.25) is 5.91 Å². The van der Waals surface area contributed by atoms with Gasteiger partial charge in [0, 0.05) is 13.1 Å². The van der Waals surface area contributed by atoms with Gasteiger partial charge in [-0.1, -0.05) is 19.8 Å². The number of amides is 2. The van der Waals surface area contributed by atoms with Gasteiger partial charge >= 0.3 is 6.09 Å². The van der Waals surface area contributed by atoms with Crippen LogP contribution in [0.4, 0.5) is 4.79 Å². The molecule has 6 heteroatoms. The third-order valence-corrected chi connectivity index (χ3v) is 2.38. The molecule has 0 aliphatic rings. The fraction of sp³-hybridized carbons (Fsp3) is 0.833. The van der Waals surface area contributed by atoms with E-state index in [4.69, 9.17) is 4.74 Å². The number of hydrogen-bond donors (Lipinski definition) is 2. The van der Waals surface area contributed by atoms with Crippen LogP contribution in [0.1, 0.15) is 26.2 Å². The molecule has 0 heterocycles. The minimum absolute atomic E-state index is 0.186. The van der Waals surface area contributed by atoms with Crippen LogP contribution in [-0.4, -0.2) is 57.2 Å². The Bertz CT molecular complexity index is 247. The number of imide groups is 1. The van der Waals surface area contributed by atoms with E-state index in [0.29, 0.717) is 6.61 Å². The van der Waals surface area contributed by atoms with Crippen molar-refractivity contribution in [1.82, 2.24) is 15.5 Å². The maximum absolute atomic E-state index is 11.4. The van der Waals surface area contributed by atoms with Gasteiger partial charge in [0.05, 0.1) is 13.2 Å². The first-order valence-electron chi connectivity index (χ1n) is 6.39. The Kier molecular flexibility index (Phi) is 10.3. The van der Waals surface area contributed by atoms with Gasteiger partial charge in [-0.3, -0.25) is 15.0 Å². The van der Waals surface area contributed by atoms with E-state index in [0.717, 1.165) is 32.4 Å². The number of alkyl carbamates (subject to hydrolysis) is 1. The molecule has 0 bridgehead atoms. The monoisotopic (exact) mass is 259 g/mol. The predicted molar refractivity (Wildman–Crippen MR) is 70.4 cm³/mol. The second kappa shape index (κ2) is 11.0. The first kappa shape index (κ1) is 16.9. The van der Waals surface area contributed by atoms with Crippen LogP contribution in [0.15, 0.2) is 0 Å². The van der Waals surface area contributed by atoms with Crippen molar-refractivity contribution in [2.75, 3.05) is 40.3 Å². The lowest BCUT2D eigenvalue weighted by atomic mass is 10.3. The molecule has 0 unspecified atom stereocenters. The molecule has 0 atom stereocenters. The first-order chi connectivity index (χ1) is 8.60. The Balaban J connectivity index is 3.63. The maximum atomic E-state index is 11.4. The molecule has 0 aromatic carbocycles. The summed E-state index contributed by atoms with van der Waals surface area (Å²) in [5.41, 5.74) is 0. The highest BCUT2D eigenvalue weighted by atomic mass is 16.5. The number of nitrogens with one attached hydrogen (secondary N) is 2. The largest absolute Gasteiger partial charge is 0.449 e. The molecule has 18 heavy (non-hydrogen) atoms. The number of ether oxygens (including phenoxy) is 1. The topological polar surface area (TPSA) is 70.7 Å². The summed E-state index contributed by atoms with van der Waals surface area (Å²) in [7, 11) is 3.67. The molecule has 0 fully saturated rings. The van der Waals surface area contributed by atoms with Crippen molar-refractivity contribution in [2.45, 2.75) is 26.2 Å². The summed E-state index contributed by atoms with van der Waals surface area (Å²) in [5, 5.41) is 5.19. The zero-order valence-electron chi connectivity index (χ0n) is 11.6. The average Bonchev–Trinajstić information content (AvgIpc) is 2.31. The molecule has 0 rings (SSSR count). The van der Waals surface area contributed by atoms with Crippen LogP contribution in [0.25, 0.3) is 0 Å². The van der Waals surface area contributed by atoms with Crippen molar-refractivity contribution in [3.63, 3.8) is 0 Å². The van der Waals surface area contributed by atoms with E-state index in [1.807, 2.05) is 19.0 Å². The van der Waals surface area contributed by atoms with Gasteiger partial charge in [-0.05, 0) is 20.5 Å². The van der Waals surface area contributed by atoms with Crippen molar-refractivity contribution < 1.29 is 14.3 Å². The summed E-state index contributed by atoms with van der Waals surface area (Å²) in [6.45, 7) is 4.17. The summed E-state index contributed by atoms with van der Waals surface area (Å²) in [6.07, 6.45) is 2.27. The number of rotatable bonds is 9. The molecule has 2 amide bonds. The molecular weight excluding hydrogens is 234 g/mol. The summed E-state index contributed by atoms with van der Waals surface area (Å²) in [4.78, 5) is 24.5. The van der Waals surface area contributed by atoms with Crippen LogP contribution in [0.2, 0.25) is 0 Å². The van der Waals surface area contributed by atoms with Crippen LogP contribution in [0, 0.1) is 0 Å². The third-order valence-electron chi connectivity index (χ3n) is 2.38. The predicted octanol–water partition coefficient (Wildman–Crippen LogP) is 0.581. The number of carbonyl (C=O) groups is 2. The molecule has 106 valence electrons. The van der Waals surface area contributed by atoms with E-state index in [-0.39, 0.29) is 12.5 Å². The average molecular weight is 259 g/mol. The van der Waals surface area contributed by atoms with E-state index in [1.54, 1.807) is 0 Å². The third kappa shape index (κ3) is 10.0. The van der Waals surface area contributed by atoms with E-state index < -0.39 is 6.09 Å². The van der Waals surface area contributed by atoms with Crippen molar-refractivity contribution in [3.8, 4) is 0 Å². The fourth-order valence-electron chi connectivity index (χ4n) is 1.33. The highest BCUT2D eigenvalue weighted by Crippen LogP contribution is 1.94. The lowest BCUT2D eigenvalue weighted by molar-refractivity contribution is -0.121. The van der Waals surface area contributed by atoms with Gasteiger partial charge in [0.25, 0.3) is 0 Å². The van der Waals surface area contributed by atoms with E-state index in [1.165, 1.54) is 0 Å². The lowest BCUT2D eigenvalue weighted by Gasteiger charge is -2.15. The van der Waals surface area contributed by atoms with Gasteiger partial charge in [0.1, 0.15) is 0 Å².